The molecule has 4 nitrogen and oxygen atoms in total. The van der Waals surface area contributed by atoms with E-state index in [2.05, 4.69) is 16.7 Å². The Morgan fingerprint density at radius 3 is 2.86 bits per heavy atom. The van der Waals surface area contributed by atoms with Crippen LogP contribution in [0.25, 0.3) is 0 Å². The number of ether oxygens (including phenoxy) is 2. The first-order valence-corrected chi connectivity index (χ1v) is 9.44. The average Bonchev–Trinajstić information content (AvgIpc) is 2.48. The summed E-state index contributed by atoms with van der Waals surface area (Å²) in [6.07, 6.45) is 5.44. The van der Waals surface area contributed by atoms with Gasteiger partial charge in [-0.1, -0.05) is 12.2 Å². The van der Waals surface area contributed by atoms with Gasteiger partial charge in [-0.05, 0) is 37.2 Å². The molecule has 0 bridgehead atoms. The van der Waals surface area contributed by atoms with Crippen LogP contribution in [0.5, 0.6) is 0 Å². The van der Waals surface area contributed by atoms with E-state index in [-0.39, 0.29) is 5.60 Å². The van der Waals surface area contributed by atoms with Crippen molar-refractivity contribution in [2.75, 3.05) is 44.9 Å². The molecule has 2 N–H and O–H groups in total. The van der Waals surface area contributed by atoms with E-state index in [1.54, 1.807) is 7.11 Å². The van der Waals surface area contributed by atoms with Crippen LogP contribution in [0.1, 0.15) is 32.1 Å². The zero-order valence-corrected chi connectivity index (χ0v) is 14.6. The average molecular weight is 333 g/mol. The molecule has 0 aromatic rings. The smallest absolute Gasteiger partial charge is 0.0740 e. The van der Waals surface area contributed by atoms with Gasteiger partial charge in [-0.25, -0.2) is 0 Å². The number of thioether (sulfide) groups is 1. The van der Waals surface area contributed by atoms with Crippen LogP contribution in [0, 0.1) is 0 Å². The molecule has 2 aliphatic rings. The van der Waals surface area contributed by atoms with Gasteiger partial charge in [-0.15, -0.1) is 0 Å². The van der Waals surface area contributed by atoms with Gasteiger partial charge in [-0.3, -0.25) is 4.90 Å². The fourth-order valence-electron chi connectivity index (χ4n) is 3.34. The standard InChI is InChI=1S/C15H28N2O2S2/c1-18-9-7-17(6-2-14(16)20)13-3-8-19-15(12-13)4-10-21-11-5-15/h13H,2-12H2,1H3,(H2,16,20). The first-order chi connectivity index (χ1) is 10.2. The summed E-state index contributed by atoms with van der Waals surface area (Å²) in [4.78, 5) is 3.11. The molecular formula is C15H28N2O2S2. The lowest BCUT2D eigenvalue weighted by molar-refractivity contribution is -0.111. The van der Waals surface area contributed by atoms with Crippen LogP contribution in [0.3, 0.4) is 0 Å². The van der Waals surface area contributed by atoms with Crippen molar-refractivity contribution in [3.8, 4) is 0 Å². The Bertz CT molecular complexity index is 330. The third kappa shape index (κ3) is 5.36. The number of nitrogens with two attached hydrogens (primary N) is 1. The summed E-state index contributed by atoms with van der Waals surface area (Å²) in [6, 6.07) is 0.575. The summed E-state index contributed by atoms with van der Waals surface area (Å²) in [5, 5.41) is 0. The van der Waals surface area contributed by atoms with Crippen LogP contribution in [0.4, 0.5) is 0 Å². The molecule has 2 saturated heterocycles. The Hall–Kier alpha value is 0.120. The van der Waals surface area contributed by atoms with Gasteiger partial charge in [-0.2, -0.15) is 11.8 Å². The molecule has 0 aliphatic carbocycles. The molecule has 0 aromatic carbocycles. The van der Waals surface area contributed by atoms with Crippen LogP contribution in [-0.2, 0) is 9.47 Å². The van der Waals surface area contributed by atoms with Crippen molar-refractivity contribution < 1.29 is 9.47 Å². The molecule has 2 fully saturated rings. The fourth-order valence-corrected chi connectivity index (χ4v) is 4.67. The quantitative estimate of drug-likeness (QED) is 0.720. The minimum absolute atomic E-state index is 0.128. The maximum absolute atomic E-state index is 6.20. The predicted octanol–water partition coefficient (Wildman–Crippen LogP) is 2.06. The molecule has 0 radical (unpaired) electrons. The van der Waals surface area contributed by atoms with Gasteiger partial charge in [0, 0.05) is 39.3 Å². The second-order valence-corrected chi connectivity index (χ2v) is 7.78. The molecule has 6 heteroatoms. The molecule has 1 unspecified atom stereocenters. The number of hydrogen-bond donors (Lipinski definition) is 1. The van der Waals surface area contributed by atoms with E-state index >= 15 is 0 Å². The highest BCUT2D eigenvalue weighted by molar-refractivity contribution is 7.99. The second kappa shape index (κ2) is 8.67. The van der Waals surface area contributed by atoms with Gasteiger partial charge in [0.25, 0.3) is 0 Å². The Kier molecular flexibility index (Phi) is 7.22. The molecule has 2 aliphatic heterocycles. The molecule has 2 rings (SSSR count). The molecule has 122 valence electrons. The van der Waals surface area contributed by atoms with E-state index < -0.39 is 0 Å². The summed E-state index contributed by atoms with van der Waals surface area (Å²) in [5.74, 6) is 2.47. The number of nitrogens with zero attached hydrogens (tertiary/aromatic N) is 1. The van der Waals surface area contributed by atoms with Crippen LogP contribution in [0.15, 0.2) is 0 Å². The summed E-state index contributed by atoms with van der Waals surface area (Å²) in [5.41, 5.74) is 5.81. The van der Waals surface area contributed by atoms with Crippen molar-refractivity contribution >= 4 is 29.0 Å². The topological polar surface area (TPSA) is 47.7 Å². The van der Waals surface area contributed by atoms with E-state index in [0.29, 0.717) is 11.0 Å². The number of methoxy groups -OCH3 is 1. The monoisotopic (exact) mass is 332 g/mol. The predicted molar refractivity (Wildman–Crippen MR) is 93.1 cm³/mol. The third-order valence-corrected chi connectivity index (χ3v) is 5.81. The lowest BCUT2D eigenvalue weighted by Gasteiger charge is -2.46. The highest BCUT2D eigenvalue weighted by atomic mass is 32.2. The minimum atomic E-state index is 0.128. The Labute approximate surface area is 138 Å². The Morgan fingerprint density at radius 1 is 1.43 bits per heavy atom. The van der Waals surface area contributed by atoms with Crippen molar-refractivity contribution in [2.24, 2.45) is 5.73 Å². The largest absolute Gasteiger partial charge is 0.393 e. The summed E-state index contributed by atoms with van der Waals surface area (Å²) in [6.45, 7) is 3.53. The van der Waals surface area contributed by atoms with Crippen LogP contribution in [0.2, 0.25) is 0 Å². The van der Waals surface area contributed by atoms with E-state index in [0.717, 1.165) is 45.6 Å². The van der Waals surface area contributed by atoms with Gasteiger partial charge < -0.3 is 15.2 Å². The SMILES string of the molecule is COCCN(CCC(N)=S)C1CCOC2(CCSCC2)C1. The van der Waals surface area contributed by atoms with Crippen LogP contribution < -0.4 is 5.73 Å². The summed E-state index contributed by atoms with van der Waals surface area (Å²) >= 11 is 7.09. The maximum atomic E-state index is 6.20. The first kappa shape index (κ1) is 17.5. The number of thiocarbonyl (C=S) groups is 1. The number of rotatable bonds is 7. The molecule has 1 atom stereocenters. The van der Waals surface area contributed by atoms with E-state index in [1.165, 1.54) is 24.3 Å². The highest BCUT2D eigenvalue weighted by Gasteiger charge is 2.40. The number of hydrogen-bond acceptors (Lipinski definition) is 5. The van der Waals surface area contributed by atoms with E-state index in [4.69, 9.17) is 27.4 Å². The van der Waals surface area contributed by atoms with Crippen molar-refractivity contribution in [3.63, 3.8) is 0 Å². The van der Waals surface area contributed by atoms with Gasteiger partial charge in [0.2, 0.25) is 0 Å². The first-order valence-electron chi connectivity index (χ1n) is 7.88. The van der Waals surface area contributed by atoms with Gasteiger partial charge >= 0.3 is 0 Å². The second-order valence-electron chi connectivity index (χ2n) is 6.04. The van der Waals surface area contributed by atoms with Gasteiger partial charge in [0.1, 0.15) is 0 Å². The van der Waals surface area contributed by atoms with Crippen molar-refractivity contribution in [2.45, 2.75) is 43.7 Å². The highest BCUT2D eigenvalue weighted by Crippen LogP contribution is 2.38. The molecule has 21 heavy (non-hydrogen) atoms. The van der Waals surface area contributed by atoms with Crippen molar-refractivity contribution in [1.29, 1.82) is 0 Å². The molecule has 2 heterocycles. The fraction of sp³-hybridized carbons (Fsp3) is 0.933. The zero-order chi connectivity index (χ0) is 15.1. The van der Waals surface area contributed by atoms with Gasteiger partial charge in [0.05, 0.1) is 17.2 Å². The van der Waals surface area contributed by atoms with E-state index in [1.807, 2.05) is 0 Å². The molecule has 1 spiro atoms. The maximum Gasteiger partial charge on any atom is 0.0740 e. The lowest BCUT2D eigenvalue weighted by atomic mass is 9.84. The molecule has 0 saturated carbocycles. The Balaban J connectivity index is 1.94. The van der Waals surface area contributed by atoms with Crippen LogP contribution in [-0.4, -0.2) is 66.5 Å². The van der Waals surface area contributed by atoms with Crippen molar-refractivity contribution in [1.82, 2.24) is 4.90 Å². The molecule has 0 aromatic heterocycles. The normalized spacial score (nSPS) is 25.3. The zero-order valence-electron chi connectivity index (χ0n) is 13.0. The minimum Gasteiger partial charge on any atom is -0.393 e. The third-order valence-electron chi connectivity index (χ3n) is 4.62. The Morgan fingerprint density at radius 2 is 2.19 bits per heavy atom. The lowest BCUT2D eigenvalue weighted by Crippen LogP contribution is -2.51. The van der Waals surface area contributed by atoms with E-state index in [9.17, 15) is 0 Å². The molecular weight excluding hydrogens is 304 g/mol. The van der Waals surface area contributed by atoms with Crippen LogP contribution >= 0.6 is 24.0 Å². The van der Waals surface area contributed by atoms with Crippen molar-refractivity contribution in [3.05, 3.63) is 0 Å². The summed E-state index contributed by atoms with van der Waals surface area (Å²) < 4.78 is 11.5. The van der Waals surface area contributed by atoms with Gasteiger partial charge in [0.15, 0.2) is 0 Å². The summed E-state index contributed by atoms with van der Waals surface area (Å²) in [7, 11) is 1.76. The molecule has 0 amide bonds.